The minimum absolute atomic E-state index is 0.303. The number of carbonyl (C=O) groups excluding carboxylic acids is 1. The Labute approximate surface area is 167 Å². The third-order valence-corrected chi connectivity index (χ3v) is 4.23. The molecule has 27 heavy (non-hydrogen) atoms. The lowest BCUT2D eigenvalue weighted by molar-refractivity contribution is 0.102. The second-order valence-corrected chi connectivity index (χ2v) is 6.43. The molecule has 1 amide bonds. The molecule has 138 valence electrons. The van der Waals surface area contributed by atoms with Crippen LogP contribution < -0.4 is 14.8 Å². The van der Waals surface area contributed by atoms with Gasteiger partial charge in [0.1, 0.15) is 24.7 Å². The first-order valence-corrected chi connectivity index (χ1v) is 9.05. The van der Waals surface area contributed by atoms with Crippen LogP contribution in [0.3, 0.4) is 0 Å². The SMILES string of the molecule is O=C(Nc1cc(Cl)ccc1Cl)c1ccccc1OCCOc1ccccc1. The highest BCUT2D eigenvalue weighted by atomic mass is 35.5. The van der Waals surface area contributed by atoms with Gasteiger partial charge in [-0.15, -0.1) is 0 Å². The van der Waals surface area contributed by atoms with Gasteiger partial charge in [-0.1, -0.05) is 53.5 Å². The van der Waals surface area contributed by atoms with Gasteiger partial charge < -0.3 is 14.8 Å². The number of para-hydroxylation sites is 2. The lowest BCUT2D eigenvalue weighted by atomic mass is 10.2. The maximum atomic E-state index is 12.6. The highest BCUT2D eigenvalue weighted by Gasteiger charge is 2.14. The van der Waals surface area contributed by atoms with Crippen LogP contribution in [0.1, 0.15) is 10.4 Å². The highest BCUT2D eigenvalue weighted by molar-refractivity contribution is 6.35. The molecule has 3 aromatic carbocycles. The fourth-order valence-electron chi connectivity index (χ4n) is 2.39. The maximum Gasteiger partial charge on any atom is 0.259 e. The molecule has 0 saturated heterocycles. The molecule has 0 spiro atoms. The monoisotopic (exact) mass is 401 g/mol. The zero-order chi connectivity index (χ0) is 19.1. The van der Waals surface area contributed by atoms with Crippen LogP contribution in [0, 0.1) is 0 Å². The number of ether oxygens (including phenoxy) is 2. The van der Waals surface area contributed by atoms with Crippen molar-refractivity contribution in [2.75, 3.05) is 18.5 Å². The molecule has 3 rings (SSSR count). The Kier molecular flexibility index (Phi) is 6.58. The van der Waals surface area contributed by atoms with Crippen molar-refractivity contribution in [3.63, 3.8) is 0 Å². The smallest absolute Gasteiger partial charge is 0.259 e. The van der Waals surface area contributed by atoms with Crippen molar-refractivity contribution in [3.05, 3.63) is 88.4 Å². The Morgan fingerprint density at radius 1 is 0.852 bits per heavy atom. The molecule has 0 unspecified atom stereocenters. The van der Waals surface area contributed by atoms with E-state index >= 15 is 0 Å². The molecule has 0 heterocycles. The molecule has 0 fully saturated rings. The first-order valence-electron chi connectivity index (χ1n) is 8.29. The molecule has 0 aliphatic rings. The minimum Gasteiger partial charge on any atom is -0.490 e. The van der Waals surface area contributed by atoms with Crippen LogP contribution in [-0.2, 0) is 0 Å². The van der Waals surface area contributed by atoms with Gasteiger partial charge in [0.2, 0.25) is 0 Å². The molecular weight excluding hydrogens is 385 g/mol. The number of anilines is 1. The van der Waals surface area contributed by atoms with Crippen LogP contribution in [0.15, 0.2) is 72.8 Å². The number of hydrogen-bond acceptors (Lipinski definition) is 3. The van der Waals surface area contributed by atoms with E-state index in [2.05, 4.69) is 5.32 Å². The lowest BCUT2D eigenvalue weighted by Crippen LogP contribution is -2.16. The van der Waals surface area contributed by atoms with Crippen molar-refractivity contribution in [1.29, 1.82) is 0 Å². The van der Waals surface area contributed by atoms with E-state index in [1.165, 1.54) is 0 Å². The zero-order valence-electron chi connectivity index (χ0n) is 14.3. The molecule has 0 aliphatic heterocycles. The molecule has 0 bridgehead atoms. The number of carbonyl (C=O) groups is 1. The zero-order valence-corrected chi connectivity index (χ0v) is 15.8. The van der Waals surface area contributed by atoms with E-state index in [1.807, 2.05) is 30.3 Å². The summed E-state index contributed by atoms with van der Waals surface area (Å²) in [5, 5.41) is 3.65. The summed E-state index contributed by atoms with van der Waals surface area (Å²) in [4.78, 5) is 12.6. The lowest BCUT2D eigenvalue weighted by Gasteiger charge is -2.13. The van der Waals surface area contributed by atoms with Gasteiger partial charge in [-0.25, -0.2) is 0 Å². The van der Waals surface area contributed by atoms with Crippen LogP contribution in [0.25, 0.3) is 0 Å². The largest absolute Gasteiger partial charge is 0.490 e. The third kappa shape index (κ3) is 5.39. The van der Waals surface area contributed by atoms with Crippen molar-refractivity contribution in [3.8, 4) is 11.5 Å². The Bertz CT molecular complexity index is 916. The van der Waals surface area contributed by atoms with Crippen LogP contribution in [0.4, 0.5) is 5.69 Å². The van der Waals surface area contributed by atoms with Gasteiger partial charge in [-0.05, 0) is 42.5 Å². The van der Waals surface area contributed by atoms with Gasteiger partial charge in [0, 0.05) is 5.02 Å². The van der Waals surface area contributed by atoms with E-state index in [0.717, 1.165) is 5.75 Å². The first-order chi connectivity index (χ1) is 13.1. The van der Waals surface area contributed by atoms with Gasteiger partial charge in [0.05, 0.1) is 16.3 Å². The summed E-state index contributed by atoms with van der Waals surface area (Å²) in [6, 6.07) is 21.3. The molecule has 6 heteroatoms. The normalized spacial score (nSPS) is 10.3. The number of rotatable bonds is 7. The first kappa shape index (κ1) is 19.1. The number of benzene rings is 3. The van der Waals surface area contributed by atoms with Crippen molar-refractivity contribution >= 4 is 34.8 Å². The molecule has 0 radical (unpaired) electrons. The highest BCUT2D eigenvalue weighted by Crippen LogP contribution is 2.27. The van der Waals surface area contributed by atoms with Crippen LogP contribution in [-0.4, -0.2) is 19.1 Å². The third-order valence-electron chi connectivity index (χ3n) is 3.66. The van der Waals surface area contributed by atoms with Crippen LogP contribution in [0.2, 0.25) is 10.0 Å². The van der Waals surface area contributed by atoms with E-state index in [4.69, 9.17) is 32.7 Å². The quantitative estimate of drug-likeness (QED) is 0.516. The fraction of sp³-hybridized carbons (Fsp3) is 0.0952. The standard InChI is InChI=1S/C21H17Cl2NO3/c22-15-10-11-18(23)19(14-15)24-21(25)17-8-4-5-9-20(17)27-13-12-26-16-6-2-1-3-7-16/h1-11,14H,12-13H2,(H,24,25). The van der Waals surface area contributed by atoms with Crippen LogP contribution in [0.5, 0.6) is 11.5 Å². The van der Waals surface area contributed by atoms with Crippen molar-refractivity contribution < 1.29 is 14.3 Å². The van der Waals surface area contributed by atoms with E-state index in [-0.39, 0.29) is 5.91 Å². The summed E-state index contributed by atoms with van der Waals surface area (Å²) in [5.74, 6) is 0.895. The molecule has 4 nitrogen and oxygen atoms in total. The number of halogens is 2. The van der Waals surface area contributed by atoms with E-state index in [1.54, 1.807) is 42.5 Å². The molecule has 0 aliphatic carbocycles. The number of amides is 1. The maximum absolute atomic E-state index is 12.6. The summed E-state index contributed by atoms with van der Waals surface area (Å²) in [7, 11) is 0. The minimum atomic E-state index is -0.334. The predicted molar refractivity (Wildman–Crippen MR) is 108 cm³/mol. The van der Waals surface area contributed by atoms with Crippen molar-refractivity contribution in [2.45, 2.75) is 0 Å². The van der Waals surface area contributed by atoms with E-state index in [0.29, 0.717) is 40.3 Å². The second-order valence-electron chi connectivity index (χ2n) is 5.58. The summed E-state index contributed by atoms with van der Waals surface area (Å²) >= 11 is 12.1. The molecule has 0 aromatic heterocycles. The summed E-state index contributed by atoms with van der Waals surface area (Å²) in [6.07, 6.45) is 0. The average Bonchev–Trinajstić information content (AvgIpc) is 2.69. The van der Waals surface area contributed by atoms with E-state index in [9.17, 15) is 4.79 Å². The Morgan fingerprint density at radius 2 is 1.56 bits per heavy atom. The topological polar surface area (TPSA) is 47.6 Å². The predicted octanol–water partition coefficient (Wildman–Crippen LogP) is 5.70. The number of hydrogen-bond donors (Lipinski definition) is 1. The van der Waals surface area contributed by atoms with Gasteiger partial charge in [0.15, 0.2) is 0 Å². The van der Waals surface area contributed by atoms with Crippen molar-refractivity contribution in [1.82, 2.24) is 0 Å². The Hall–Kier alpha value is -2.69. The molecule has 0 atom stereocenters. The number of nitrogens with one attached hydrogen (secondary N) is 1. The summed E-state index contributed by atoms with van der Waals surface area (Å²) in [6.45, 7) is 0.664. The molecule has 3 aromatic rings. The summed E-state index contributed by atoms with van der Waals surface area (Å²) < 4.78 is 11.3. The summed E-state index contributed by atoms with van der Waals surface area (Å²) in [5.41, 5.74) is 0.838. The molecular formula is C21H17Cl2NO3. The molecule has 1 N–H and O–H groups in total. The van der Waals surface area contributed by atoms with Gasteiger partial charge >= 0.3 is 0 Å². The Morgan fingerprint density at radius 3 is 2.37 bits per heavy atom. The van der Waals surface area contributed by atoms with Crippen LogP contribution >= 0.6 is 23.2 Å². The van der Waals surface area contributed by atoms with Gasteiger partial charge in [-0.3, -0.25) is 4.79 Å². The Balaban J connectivity index is 1.62. The van der Waals surface area contributed by atoms with Gasteiger partial charge in [-0.2, -0.15) is 0 Å². The molecule has 0 saturated carbocycles. The average molecular weight is 402 g/mol. The van der Waals surface area contributed by atoms with Crippen molar-refractivity contribution in [2.24, 2.45) is 0 Å². The second kappa shape index (κ2) is 9.31. The fourth-order valence-corrected chi connectivity index (χ4v) is 2.73. The van der Waals surface area contributed by atoms with E-state index < -0.39 is 0 Å². The van der Waals surface area contributed by atoms with Gasteiger partial charge in [0.25, 0.3) is 5.91 Å².